The number of hydrogen-bond acceptors (Lipinski definition) is 3. The Bertz CT molecular complexity index is 474. The first-order chi connectivity index (χ1) is 8.49. The van der Waals surface area contributed by atoms with E-state index in [4.69, 9.17) is 10.9 Å². The number of halogens is 1. The summed E-state index contributed by atoms with van der Waals surface area (Å²) in [5.74, 6) is -0.265. The second-order valence-electron chi connectivity index (χ2n) is 3.94. The number of nitrogens with one attached hydrogen (secondary N) is 1. The molecule has 1 aromatic carbocycles. The van der Waals surface area contributed by atoms with Crippen LogP contribution in [-0.2, 0) is 0 Å². The molecule has 98 valence electrons. The number of amides is 1. The van der Waals surface area contributed by atoms with Gasteiger partial charge in [-0.25, -0.2) is 0 Å². The summed E-state index contributed by atoms with van der Waals surface area (Å²) in [6.45, 7) is 3.75. The number of nitrogens with zero attached hydrogens (tertiary/aromatic N) is 1. The largest absolute Gasteiger partial charge is 0.409 e. The summed E-state index contributed by atoms with van der Waals surface area (Å²) in [6, 6.07) is 5.02. The van der Waals surface area contributed by atoms with Gasteiger partial charge in [-0.15, -0.1) is 0 Å². The van der Waals surface area contributed by atoms with Crippen molar-refractivity contribution in [1.29, 1.82) is 0 Å². The van der Waals surface area contributed by atoms with Crippen LogP contribution in [0.4, 0.5) is 0 Å². The Morgan fingerprint density at radius 2 is 2.28 bits per heavy atom. The molecule has 0 saturated heterocycles. The van der Waals surface area contributed by atoms with Crippen molar-refractivity contribution in [2.24, 2.45) is 10.9 Å². The van der Waals surface area contributed by atoms with Crippen LogP contribution < -0.4 is 11.1 Å². The number of amidine groups is 1. The van der Waals surface area contributed by atoms with Crippen molar-refractivity contribution < 1.29 is 10.0 Å². The number of hydrogen-bond donors (Lipinski definition) is 3. The fourth-order valence-corrected chi connectivity index (χ4v) is 1.93. The average molecular weight is 314 g/mol. The Balaban J connectivity index is 2.91. The minimum Gasteiger partial charge on any atom is -0.409 e. The van der Waals surface area contributed by atoms with E-state index in [1.807, 2.05) is 26.0 Å². The van der Waals surface area contributed by atoms with Crippen molar-refractivity contribution in [3.63, 3.8) is 0 Å². The molecule has 0 aliphatic rings. The van der Waals surface area contributed by atoms with Gasteiger partial charge in [0.25, 0.3) is 5.91 Å². The highest BCUT2D eigenvalue weighted by atomic mass is 79.9. The molecule has 1 aromatic rings. The number of nitrogens with two attached hydrogens (primary N) is 1. The molecule has 1 rings (SSSR count). The maximum absolute atomic E-state index is 12.1. The lowest BCUT2D eigenvalue weighted by Crippen LogP contribution is -2.44. The molecule has 0 heterocycles. The smallest absolute Gasteiger partial charge is 0.253 e. The van der Waals surface area contributed by atoms with Gasteiger partial charge in [-0.1, -0.05) is 23.7 Å². The zero-order chi connectivity index (χ0) is 13.7. The zero-order valence-corrected chi connectivity index (χ0v) is 11.9. The van der Waals surface area contributed by atoms with E-state index in [1.165, 1.54) is 0 Å². The normalized spacial score (nSPS) is 13.2. The molecule has 0 radical (unpaired) electrons. The molecule has 0 spiro atoms. The first kappa shape index (κ1) is 14.5. The third kappa shape index (κ3) is 3.46. The molecule has 0 aliphatic heterocycles. The van der Waals surface area contributed by atoms with Crippen LogP contribution in [0.25, 0.3) is 0 Å². The van der Waals surface area contributed by atoms with Crippen LogP contribution in [0, 0.1) is 6.92 Å². The number of aryl methyl sites for hydroxylation is 1. The molecule has 0 saturated carbocycles. The highest BCUT2D eigenvalue weighted by molar-refractivity contribution is 9.10. The third-order valence-electron chi connectivity index (χ3n) is 2.55. The van der Waals surface area contributed by atoms with Crippen LogP contribution >= 0.6 is 15.9 Å². The molecule has 0 bridgehead atoms. The zero-order valence-electron chi connectivity index (χ0n) is 10.3. The summed E-state index contributed by atoms with van der Waals surface area (Å²) in [5, 5.41) is 14.3. The predicted octanol–water partition coefficient (Wildman–Crippen LogP) is 2.01. The molecule has 1 unspecified atom stereocenters. The quantitative estimate of drug-likeness (QED) is 0.344. The Kier molecular flexibility index (Phi) is 5.15. The maximum atomic E-state index is 12.1. The monoisotopic (exact) mass is 313 g/mol. The van der Waals surface area contributed by atoms with Gasteiger partial charge < -0.3 is 16.3 Å². The fraction of sp³-hybridized carbons (Fsp3) is 0.333. The SMILES string of the molecule is CCC(NC(=O)c1cc(C)ccc1Br)/C(N)=N/O. The standard InChI is InChI=1S/C12H16BrN3O2/c1-3-10(11(14)16-18)15-12(17)8-6-7(2)4-5-9(8)13/h4-6,10,18H,3H2,1-2H3,(H2,14,16)(H,15,17). The highest BCUT2D eigenvalue weighted by Gasteiger charge is 2.17. The Morgan fingerprint density at radius 3 is 2.83 bits per heavy atom. The Morgan fingerprint density at radius 1 is 1.61 bits per heavy atom. The summed E-state index contributed by atoms with van der Waals surface area (Å²) in [5.41, 5.74) is 7.01. The fourth-order valence-electron chi connectivity index (χ4n) is 1.50. The molecule has 0 aromatic heterocycles. The number of carbonyl (C=O) groups excluding carboxylic acids is 1. The number of benzene rings is 1. The Hall–Kier alpha value is -1.56. The van der Waals surface area contributed by atoms with Crippen molar-refractivity contribution >= 4 is 27.7 Å². The lowest BCUT2D eigenvalue weighted by Gasteiger charge is -2.16. The predicted molar refractivity (Wildman–Crippen MR) is 73.8 cm³/mol. The van der Waals surface area contributed by atoms with E-state index in [0.29, 0.717) is 16.5 Å². The number of carbonyl (C=O) groups is 1. The number of rotatable bonds is 4. The molecule has 1 atom stereocenters. The maximum Gasteiger partial charge on any atom is 0.253 e. The van der Waals surface area contributed by atoms with Gasteiger partial charge in [0.05, 0.1) is 11.6 Å². The van der Waals surface area contributed by atoms with E-state index in [9.17, 15) is 4.79 Å². The summed E-state index contributed by atoms with van der Waals surface area (Å²) in [7, 11) is 0. The molecule has 4 N–H and O–H groups in total. The lowest BCUT2D eigenvalue weighted by molar-refractivity contribution is 0.0944. The van der Waals surface area contributed by atoms with Gasteiger partial charge in [-0.05, 0) is 41.4 Å². The van der Waals surface area contributed by atoms with Gasteiger partial charge in [0.1, 0.15) is 0 Å². The topological polar surface area (TPSA) is 87.7 Å². The molecule has 5 nitrogen and oxygen atoms in total. The van der Waals surface area contributed by atoms with E-state index in [0.717, 1.165) is 5.56 Å². The van der Waals surface area contributed by atoms with E-state index in [-0.39, 0.29) is 11.7 Å². The highest BCUT2D eigenvalue weighted by Crippen LogP contribution is 2.18. The first-order valence-electron chi connectivity index (χ1n) is 5.54. The van der Waals surface area contributed by atoms with Gasteiger partial charge >= 0.3 is 0 Å². The van der Waals surface area contributed by atoms with Gasteiger partial charge in [0.15, 0.2) is 5.84 Å². The van der Waals surface area contributed by atoms with E-state index >= 15 is 0 Å². The summed E-state index contributed by atoms with van der Waals surface area (Å²) in [6.07, 6.45) is 0.547. The summed E-state index contributed by atoms with van der Waals surface area (Å²) in [4.78, 5) is 12.1. The minimum absolute atomic E-state index is 0.00498. The van der Waals surface area contributed by atoms with Crippen LogP contribution in [0.1, 0.15) is 29.3 Å². The van der Waals surface area contributed by atoms with Crippen molar-refractivity contribution in [3.05, 3.63) is 33.8 Å². The second kappa shape index (κ2) is 6.39. The van der Waals surface area contributed by atoms with Gasteiger partial charge in [0, 0.05) is 4.47 Å². The Labute approximate surface area is 114 Å². The molecular weight excluding hydrogens is 298 g/mol. The average Bonchev–Trinajstić information content (AvgIpc) is 2.37. The van der Waals surface area contributed by atoms with Crippen LogP contribution in [0.3, 0.4) is 0 Å². The summed E-state index contributed by atoms with van der Waals surface area (Å²) < 4.78 is 0.708. The van der Waals surface area contributed by atoms with Crippen molar-refractivity contribution in [2.45, 2.75) is 26.3 Å². The van der Waals surface area contributed by atoms with Crippen LogP contribution in [0.2, 0.25) is 0 Å². The molecule has 0 fully saturated rings. The number of oxime groups is 1. The van der Waals surface area contributed by atoms with Crippen LogP contribution in [0.5, 0.6) is 0 Å². The molecule has 18 heavy (non-hydrogen) atoms. The van der Waals surface area contributed by atoms with E-state index in [1.54, 1.807) is 6.07 Å². The summed E-state index contributed by atoms with van der Waals surface area (Å²) >= 11 is 3.33. The van der Waals surface area contributed by atoms with Gasteiger partial charge in [-0.3, -0.25) is 4.79 Å². The molecule has 0 aliphatic carbocycles. The van der Waals surface area contributed by atoms with Crippen LogP contribution in [0.15, 0.2) is 27.8 Å². The van der Waals surface area contributed by atoms with Crippen molar-refractivity contribution in [2.75, 3.05) is 0 Å². The van der Waals surface area contributed by atoms with Crippen molar-refractivity contribution in [3.8, 4) is 0 Å². The first-order valence-corrected chi connectivity index (χ1v) is 6.33. The van der Waals surface area contributed by atoms with E-state index < -0.39 is 6.04 Å². The molecule has 6 heteroatoms. The van der Waals surface area contributed by atoms with E-state index in [2.05, 4.69) is 26.4 Å². The van der Waals surface area contributed by atoms with Crippen LogP contribution in [-0.4, -0.2) is 23.0 Å². The lowest BCUT2D eigenvalue weighted by atomic mass is 10.1. The minimum atomic E-state index is -0.477. The second-order valence-corrected chi connectivity index (χ2v) is 4.80. The van der Waals surface area contributed by atoms with Crippen molar-refractivity contribution in [1.82, 2.24) is 5.32 Å². The molecular formula is C12H16BrN3O2. The van der Waals surface area contributed by atoms with Gasteiger partial charge in [0.2, 0.25) is 0 Å². The third-order valence-corrected chi connectivity index (χ3v) is 3.24. The molecule has 1 amide bonds. The van der Waals surface area contributed by atoms with Gasteiger partial charge in [-0.2, -0.15) is 0 Å².